The lowest BCUT2D eigenvalue weighted by Crippen LogP contribution is -2.41. The first-order valence-corrected chi connectivity index (χ1v) is 10.2. The van der Waals surface area contributed by atoms with Crippen LogP contribution in [0.5, 0.6) is 0 Å². The van der Waals surface area contributed by atoms with Gasteiger partial charge in [-0.05, 0) is 32.1 Å². The summed E-state index contributed by atoms with van der Waals surface area (Å²) in [6, 6.07) is 7.86. The van der Waals surface area contributed by atoms with Crippen LogP contribution >= 0.6 is 11.8 Å². The highest BCUT2D eigenvalue weighted by atomic mass is 32.2. The average Bonchev–Trinajstić information content (AvgIpc) is 2.71. The topological polar surface area (TPSA) is 110 Å². The van der Waals surface area contributed by atoms with Gasteiger partial charge in [-0.25, -0.2) is 14.8 Å². The number of aryl methyl sites for hydroxylation is 2. The van der Waals surface area contributed by atoms with Gasteiger partial charge in [-0.15, -0.1) is 0 Å². The number of carbonyl (C=O) groups excluding carboxylic acids is 3. The standard InChI is InChI=1S/C20H24N4O4S/c1-12-15(13(2)23-20(22-12)29-4)10-11-16(25)28-17(14-8-6-5-7-9-14)18(26)24-19(27)21-3/h5-9,17H,10-11H2,1-4H3,(H2,21,24,26,27)/t17-/m1/s1. The van der Waals surface area contributed by atoms with Crippen molar-refractivity contribution in [1.29, 1.82) is 0 Å². The van der Waals surface area contributed by atoms with Crippen LogP contribution in [0.15, 0.2) is 35.5 Å². The van der Waals surface area contributed by atoms with Crippen molar-refractivity contribution in [3.63, 3.8) is 0 Å². The molecule has 0 radical (unpaired) electrons. The third-order valence-electron chi connectivity index (χ3n) is 4.22. The molecular weight excluding hydrogens is 392 g/mol. The minimum absolute atomic E-state index is 0.0558. The van der Waals surface area contributed by atoms with Crippen LogP contribution in [0.3, 0.4) is 0 Å². The lowest BCUT2D eigenvalue weighted by Gasteiger charge is -2.18. The van der Waals surface area contributed by atoms with Crippen molar-refractivity contribution < 1.29 is 19.1 Å². The Hall–Kier alpha value is -2.94. The van der Waals surface area contributed by atoms with E-state index in [1.54, 1.807) is 30.3 Å². The van der Waals surface area contributed by atoms with Gasteiger partial charge in [0.2, 0.25) is 6.10 Å². The van der Waals surface area contributed by atoms with Crippen molar-refractivity contribution >= 4 is 29.7 Å². The number of nitrogens with one attached hydrogen (secondary N) is 2. The summed E-state index contributed by atoms with van der Waals surface area (Å²) in [6.45, 7) is 3.75. The Morgan fingerprint density at radius 2 is 1.72 bits per heavy atom. The van der Waals surface area contributed by atoms with Crippen molar-refractivity contribution in [2.24, 2.45) is 0 Å². The second-order valence-electron chi connectivity index (χ2n) is 6.21. The molecule has 0 bridgehead atoms. The zero-order valence-electron chi connectivity index (χ0n) is 16.8. The van der Waals surface area contributed by atoms with Gasteiger partial charge >= 0.3 is 12.0 Å². The zero-order valence-corrected chi connectivity index (χ0v) is 17.6. The van der Waals surface area contributed by atoms with Gasteiger partial charge < -0.3 is 10.1 Å². The molecule has 0 unspecified atom stereocenters. The average molecular weight is 417 g/mol. The molecule has 9 heteroatoms. The van der Waals surface area contributed by atoms with E-state index in [4.69, 9.17) is 4.74 Å². The van der Waals surface area contributed by atoms with E-state index in [0.717, 1.165) is 17.0 Å². The molecule has 0 aliphatic rings. The van der Waals surface area contributed by atoms with Crippen molar-refractivity contribution in [2.45, 2.75) is 37.9 Å². The molecule has 2 aromatic rings. The summed E-state index contributed by atoms with van der Waals surface area (Å²) in [4.78, 5) is 45.2. The molecule has 0 fully saturated rings. The Balaban J connectivity index is 2.10. The molecule has 154 valence electrons. The number of hydrogen-bond donors (Lipinski definition) is 2. The number of hydrogen-bond acceptors (Lipinski definition) is 7. The quantitative estimate of drug-likeness (QED) is 0.405. The highest BCUT2D eigenvalue weighted by Gasteiger charge is 2.26. The van der Waals surface area contributed by atoms with Crippen LogP contribution in [0, 0.1) is 13.8 Å². The van der Waals surface area contributed by atoms with Gasteiger partial charge in [-0.2, -0.15) is 0 Å². The molecule has 2 N–H and O–H groups in total. The summed E-state index contributed by atoms with van der Waals surface area (Å²) in [5, 5.41) is 5.13. The first-order valence-electron chi connectivity index (χ1n) is 9.00. The molecule has 0 aliphatic heterocycles. The van der Waals surface area contributed by atoms with Crippen LogP contribution in [-0.4, -0.2) is 41.2 Å². The summed E-state index contributed by atoms with van der Waals surface area (Å²) in [6.07, 6.45) is 1.13. The van der Waals surface area contributed by atoms with Crippen LogP contribution in [-0.2, 0) is 20.7 Å². The van der Waals surface area contributed by atoms with E-state index in [0.29, 0.717) is 17.1 Å². The highest BCUT2D eigenvalue weighted by Crippen LogP contribution is 2.21. The molecule has 1 aromatic carbocycles. The Labute approximate surface area is 173 Å². The van der Waals surface area contributed by atoms with Crippen LogP contribution in [0.25, 0.3) is 0 Å². The number of benzene rings is 1. The molecule has 8 nitrogen and oxygen atoms in total. The summed E-state index contributed by atoms with van der Waals surface area (Å²) in [5.74, 6) is -1.28. The smallest absolute Gasteiger partial charge is 0.321 e. The van der Waals surface area contributed by atoms with Gasteiger partial charge in [0.1, 0.15) is 0 Å². The third kappa shape index (κ3) is 6.28. The molecule has 1 aromatic heterocycles. The first-order chi connectivity index (χ1) is 13.8. The van der Waals surface area contributed by atoms with Crippen molar-refractivity contribution in [3.8, 4) is 0 Å². The predicted molar refractivity (Wildman–Crippen MR) is 109 cm³/mol. The van der Waals surface area contributed by atoms with Crippen LogP contribution in [0.2, 0.25) is 0 Å². The molecule has 0 spiro atoms. The normalized spacial score (nSPS) is 11.4. The molecule has 0 aliphatic carbocycles. The summed E-state index contributed by atoms with van der Waals surface area (Å²) in [5.41, 5.74) is 2.98. The number of urea groups is 1. The second kappa shape index (κ2) is 10.6. The number of aromatic nitrogens is 2. The van der Waals surface area contributed by atoms with Gasteiger partial charge in [0.25, 0.3) is 5.91 Å². The van der Waals surface area contributed by atoms with Crippen LogP contribution < -0.4 is 10.6 Å². The minimum Gasteiger partial charge on any atom is -0.447 e. The van der Waals surface area contributed by atoms with Crippen molar-refractivity contribution in [1.82, 2.24) is 20.6 Å². The van der Waals surface area contributed by atoms with Gasteiger partial charge in [0, 0.05) is 30.4 Å². The molecule has 2 rings (SSSR count). The monoisotopic (exact) mass is 416 g/mol. The van der Waals surface area contributed by atoms with E-state index < -0.39 is 24.0 Å². The summed E-state index contributed by atoms with van der Waals surface area (Å²) in [7, 11) is 1.39. The predicted octanol–water partition coefficient (Wildman–Crippen LogP) is 2.49. The maximum atomic E-state index is 12.5. The maximum Gasteiger partial charge on any atom is 0.321 e. The van der Waals surface area contributed by atoms with Crippen LogP contribution in [0.1, 0.15) is 35.0 Å². The fraction of sp³-hybridized carbons (Fsp3) is 0.350. The minimum atomic E-state index is -1.22. The van der Waals surface area contributed by atoms with E-state index >= 15 is 0 Å². The third-order valence-corrected chi connectivity index (χ3v) is 4.76. The van der Waals surface area contributed by atoms with Gasteiger partial charge in [-0.3, -0.25) is 14.9 Å². The Morgan fingerprint density at radius 1 is 1.10 bits per heavy atom. The number of carbonyl (C=O) groups is 3. The van der Waals surface area contributed by atoms with Crippen molar-refractivity contribution in [3.05, 3.63) is 52.8 Å². The SMILES string of the molecule is CNC(=O)NC(=O)[C@H](OC(=O)CCc1c(C)nc(SC)nc1C)c1ccccc1. The summed E-state index contributed by atoms with van der Waals surface area (Å²) >= 11 is 1.46. The van der Waals surface area contributed by atoms with Crippen molar-refractivity contribution in [2.75, 3.05) is 13.3 Å². The Morgan fingerprint density at radius 3 is 2.28 bits per heavy atom. The largest absolute Gasteiger partial charge is 0.447 e. The summed E-state index contributed by atoms with van der Waals surface area (Å²) < 4.78 is 5.41. The molecule has 29 heavy (non-hydrogen) atoms. The number of thioether (sulfide) groups is 1. The number of rotatable bonds is 7. The molecule has 1 heterocycles. The van der Waals surface area contributed by atoms with E-state index in [2.05, 4.69) is 20.6 Å². The lowest BCUT2D eigenvalue weighted by atomic mass is 10.1. The van der Waals surface area contributed by atoms with E-state index in [1.165, 1.54) is 18.8 Å². The molecule has 1 atom stereocenters. The number of amides is 3. The molecule has 0 saturated heterocycles. The Bertz CT molecular complexity index is 866. The maximum absolute atomic E-state index is 12.5. The fourth-order valence-electron chi connectivity index (χ4n) is 2.72. The number of nitrogens with zero attached hydrogens (tertiary/aromatic N) is 2. The Kier molecular flexibility index (Phi) is 8.14. The first kappa shape index (κ1) is 22.4. The fourth-order valence-corrected chi connectivity index (χ4v) is 3.18. The number of imide groups is 1. The number of ether oxygens (including phenoxy) is 1. The molecule has 3 amide bonds. The van der Waals surface area contributed by atoms with Crippen LogP contribution in [0.4, 0.5) is 4.79 Å². The van der Waals surface area contributed by atoms with E-state index in [-0.39, 0.29) is 6.42 Å². The number of esters is 1. The molecule has 0 saturated carbocycles. The van der Waals surface area contributed by atoms with E-state index in [1.807, 2.05) is 20.1 Å². The zero-order chi connectivity index (χ0) is 21.4. The second-order valence-corrected chi connectivity index (χ2v) is 6.98. The lowest BCUT2D eigenvalue weighted by molar-refractivity contribution is -0.156. The highest BCUT2D eigenvalue weighted by molar-refractivity contribution is 7.98. The molecular formula is C20H24N4O4S. The van der Waals surface area contributed by atoms with Gasteiger partial charge in [0.05, 0.1) is 0 Å². The van der Waals surface area contributed by atoms with Gasteiger partial charge in [0.15, 0.2) is 5.16 Å². The van der Waals surface area contributed by atoms with Gasteiger partial charge in [-0.1, -0.05) is 42.1 Å². The van der Waals surface area contributed by atoms with E-state index in [9.17, 15) is 14.4 Å².